The third kappa shape index (κ3) is 5.35. The zero-order chi connectivity index (χ0) is 25.9. The SMILES string of the molecule is CN1CCc2cccc(c2)-c2cc3cncnc3n2CCN(Cc2ccncc2)Cc2cc(ccc2F)C1. The van der Waals surface area contributed by atoms with Gasteiger partial charge in [0.1, 0.15) is 17.8 Å². The standard InChI is InChI=1S/C31H31FN6/c1-36-12-9-23-3-2-4-26(15-23)30-17-27-18-34-22-35-31(27)38(30)14-13-37(20-24-7-10-33-11-8-24)21-28-16-25(19-36)5-6-29(28)32/h2-8,10-11,15-18,22H,9,12-14,19-21H2,1H3. The number of halogens is 1. The lowest BCUT2D eigenvalue weighted by atomic mass is 10.0. The van der Waals surface area contributed by atoms with E-state index in [0.29, 0.717) is 13.1 Å². The van der Waals surface area contributed by atoms with Crippen LogP contribution in [0.1, 0.15) is 22.3 Å². The maximum atomic E-state index is 15.1. The molecule has 0 radical (unpaired) electrons. The average molecular weight is 507 g/mol. The molecule has 0 N–H and O–H groups in total. The summed E-state index contributed by atoms with van der Waals surface area (Å²) in [6.07, 6.45) is 8.04. The van der Waals surface area contributed by atoms with Gasteiger partial charge in [-0.15, -0.1) is 0 Å². The number of benzene rings is 2. The Labute approximate surface area is 222 Å². The molecule has 4 bridgehead atoms. The third-order valence-corrected chi connectivity index (χ3v) is 7.31. The van der Waals surface area contributed by atoms with Crippen LogP contribution in [0.3, 0.4) is 0 Å². The van der Waals surface area contributed by atoms with Crippen molar-refractivity contribution in [3.8, 4) is 11.3 Å². The van der Waals surface area contributed by atoms with Gasteiger partial charge in [-0.05, 0) is 66.1 Å². The Morgan fingerprint density at radius 2 is 1.76 bits per heavy atom. The molecule has 0 saturated heterocycles. The van der Waals surface area contributed by atoms with Crippen molar-refractivity contribution in [3.05, 3.63) is 114 Å². The zero-order valence-electron chi connectivity index (χ0n) is 21.6. The van der Waals surface area contributed by atoms with E-state index in [2.05, 4.69) is 66.7 Å². The van der Waals surface area contributed by atoms with Crippen LogP contribution in [0.5, 0.6) is 0 Å². The number of fused-ring (bicyclic) bond motifs is 8. The van der Waals surface area contributed by atoms with Crippen molar-refractivity contribution in [2.45, 2.75) is 32.6 Å². The Kier molecular flexibility index (Phi) is 6.94. The van der Waals surface area contributed by atoms with Crippen molar-refractivity contribution < 1.29 is 4.39 Å². The fourth-order valence-electron chi connectivity index (χ4n) is 5.35. The minimum absolute atomic E-state index is 0.160. The number of hydrogen-bond acceptors (Lipinski definition) is 5. The van der Waals surface area contributed by atoms with Crippen molar-refractivity contribution in [3.63, 3.8) is 0 Å². The Morgan fingerprint density at radius 3 is 2.66 bits per heavy atom. The summed E-state index contributed by atoms with van der Waals surface area (Å²) >= 11 is 0. The molecule has 7 heteroatoms. The summed E-state index contributed by atoms with van der Waals surface area (Å²) in [7, 11) is 2.13. The van der Waals surface area contributed by atoms with Gasteiger partial charge >= 0.3 is 0 Å². The van der Waals surface area contributed by atoms with Gasteiger partial charge in [-0.25, -0.2) is 14.4 Å². The average Bonchev–Trinajstić information content (AvgIpc) is 3.31. The molecule has 1 aliphatic heterocycles. The van der Waals surface area contributed by atoms with Crippen LogP contribution in [0.25, 0.3) is 22.3 Å². The molecule has 0 aliphatic carbocycles. The normalized spacial score (nSPS) is 15.4. The summed E-state index contributed by atoms with van der Waals surface area (Å²) in [6.45, 7) is 4.36. The van der Waals surface area contributed by atoms with Crippen LogP contribution in [0.4, 0.5) is 4.39 Å². The van der Waals surface area contributed by atoms with Gasteiger partial charge in [-0.2, -0.15) is 0 Å². The van der Waals surface area contributed by atoms with Gasteiger partial charge in [-0.1, -0.05) is 30.3 Å². The fraction of sp³-hybridized carbons (Fsp3) is 0.258. The molecule has 6 nitrogen and oxygen atoms in total. The molecule has 192 valence electrons. The number of hydrogen-bond donors (Lipinski definition) is 0. The number of pyridine rings is 1. The lowest BCUT2D eigenvalue weighted by Crippen LogP contribution is -2.28. The lowest BCUT2D eigenvalue weighted by molar-refractivity contribution is 0.243. The van der Waals surface area contributed by atoms with Gasteiger partial charge in [0.2, 0.25) is 0 Å². The highest BCUT2D eigenvalue weighted by Gasteiger charge is 2.17. The van der Waals surface area contributed by atoms with Crippen molar-refractivity contribution in [2.75, 3.05) is 20.1 Å². The summed E-state index contributed by atoms with van der Waals surface area (Å²) in [5.41, 5.74) is 7.51. The minimum Gasteiger partial charge on any atom is -0.324 e. The second kappa shape index (κ2) is 10.8. The molecule has 5 aromatic rings. The molecule has 0 saturated carbocycles. The van der Waals surface area contributed by atoms with Gasteiger partial charge in [0.15, 0.2) is 0 Å². The van der Waals surface area contributed by atoms with Crippen molar-refractivity contribution in [2.24, 2.45) is 0 Å². The van der Waals surface area contributed by atoms with Crippen molar-refractivity contribution in [1.82, 2.24) is 29.3 Å². The van der Waals surface area contributed by atoms with E-state index in [1.165, 1.54) is 11.1 Å². The molecule has 6 rings (SSSR count). The van der Waals surface area contributed by atoms with E-state index in [9.17, 15) is 0 Å². The molecule has 3 aromatic heterocycles. The van der Waals surface area contributed by atoms with E-state index in [1.807, 2.05) is 42.9 Å². The summed E-state index contributed by atoms with van der Waals surface area (Å²) in [5.74, 6) is -0.160. The summed E-state index contributed by atoms with van der Waals surface area (Å²) in [4.78, 5) is 17.7. The molecular formula is C31H31FN6. The first kappa shape index (κ1) is 24.4. The Morgan fingerprint density at radius 1 is 0.868 bits per heavy atom. The summed E-state index contributed by atoms with van der Waals surface area (Å²) in [5, 5.41) is 1.02. The highest BCUT2D eigenvalue weighted by Crippen LogP contribution is 2.28. The maximum absolute atomic E-state index is 15.1. The smallest absolute Gasteiger partial charge is 0.143 e. The highest BCUT2D eigenvalue weighted by atomic mass is 19.1. The van der Waals surface area contributed by atoms with Crippen LogP contribution in [-0.4, -0.2) is 49.5 Å². The van der Waals surface area contributed by atoms with Crippen LogP contribution >= 0.6 is 0 Å². The maximum Gasteiger partial charge on any atom is 0.143 e. The number of aromatic nitrogens is 4. The minimum atomic E-state index is -0.160. The first-order chi connectivity index (χ1) is 18.6. The van der Waals surface area contributed by atoms with Gasteiger partial charge in [0.05, 0.1) is 5.69 Å². The molecule has 38 heavy (non-hydrogen) atoms. The van der Waals surface area contributed by atoms with Crippen LogP contribution < -0.4 is 0 Å². The van der Waals surface area contributed by atoms with E-state index in [-0.39, 0.29) is 5.82 Å². The molecule has 0 fully saturated rings. The van der Waals surface area contributed by atoms with Crippen LogP contribution in [0, 0.1) is 5.82 Å². The Bertz CT molecular complexity index is 1550. The molecular weight excluding hydrogens is 475 g/mol. The largest absolute Gasteiger partial charge is 0.324 e. The fourth-order valence-corrected chi connectivity index (χ4v) is 5.35. The van der Waals surface area contributed by atoms with Crippen LogP contribution in [-0.2, 0) is 32.6 Å². The summed E-state index contributed by atoms with van der Waals surface area (Å²) < 4.78 is 17.3. The van der Waals surface area contributed by atoms with Gasteiger partial charge in [-0.3, -0.25) is 9.88 Å². The quantitative estimate of drug-likeness (QED) is 0.324. The highest BCUT2D eigenvalue weighted by molar-refractivity contribution is 5.83. The molecule has 0 spiro atoms. The molecule has 1 aliphatic rings. The molecule has 0 atom stereocenters. The number of rotatable bonds is 2. The Balaban J connectivity index is 1.43. The second-order valence-corrected chi connectivity index (χ2v) is 10.2. The van der Waals surface area contributed by atoms with Crippen LogP contribution in [0.15, 0.2) is 85.6 Å². The van der Waals surface area contributed by atoms with Crippen molar-refractivity contribution in [1.29, 1.82) is 0 Å². The topological polar surface area (TPSA) is 50.1 Å². The lowest BCUT2D eigenvalue weighted by Gasteiger charge is -2.25. The molecule has 4 heterocycles. The third-order valence-electron chi connectivity index (χ3n) is 7.31. The first-order valence-electron chi connectivity index (χ1n) is 13.1. The number of nitrogens with zero attached hydrogens (tertiary/aromatic N) is 6. The molecule has 0 unspecified atom stereocenters. The van der Waals surface area contributed by atoms with E-state index in [1.54, 1.807) is 12.4 Å². The van der Waals surface area contributed by atoms with E-state index >= 15 is 4.39 Å². The zero-order valence-corrected chi connectivity index (χ0v) is 21.6. The monoisotopic (exact) mass is 506 g/mol. The first-order valence-corrected chi connectivity index (χ1v) is 13.1. The predicted octanol–water partition coefficient (Wildman–Crippen LogP) is 5.32. The van der Waals surface area contributed by atoms with Crippen LogP contribution in [0.2, 0.25) is 0 Å². The van der Waals surface area contributed by atoms with Crippen molar-refractivity contribution >= 4 is 11.0 Å². The summed E-state index contributed by atoms with van der Waals surface area (Å²) in [6, 6.07) is 20.6. The van der Waals surface area contributed by atoms with E-state index in [4.69, 9.17) is 0 Å². The predicted molar refractivity (Wildman–Crippen MR) is 148 cm³/mol. The van der Waals surface area contributed by atoms with Gasteiger partial charge < -0.3 is 9.47 Å². The van der Waals surface area contributed by atoms with E-state index < -0.39 is 0 Å². The van der Waals surface area contributed by atoms with Gasteiger partial charge in [0.25, 0.3) is 0 Å². The number of likely N-dealkylation sites (N-methyl/N-ethyl adjacent to an activating group) is 1. The molecule has 0 amide bonds. The van der Waals surface area contributed by atoms with E-state index in [0.717, 1.165) is 66.0 Å². The molecule has 2 aromatic carbocycles. The Hall–Kier alpha value is -3.94. The second-order valence-electron chi connectivity index (χ2n) is 10.2. The van der Waals surface area contributed by atoms with Gasteiger partial charge in [0, 0.05) is 68.8 Å².